The predicted octanol–water partition coefficient (Wildman–Crippen LogP) is -1.14. The van der Waals surface area contributed by atoms with Crippen LogP contribution in [0.3, 0.4) is 0 Å². The van der Waals surface area contributed by atoms with E-state index in [1.807, 2.05) is 36.4 Å². The second kappa shape index (κ2) is 6.72. The van der Waals surface area contributed by atoms with E-state index in [-0.39, 0.29) is 5.96 Å². The minimum atomic E-state index is -0.791. The van der Waals surface area contributed by atoms with Crippen LogP contribution in [0.15, 0.2) is 41.5 Å². The minimum absolute atomic E-state index is 0.320. The number of rotatable bonds is 4. The number of nitrogens with zero attached hydrogens (tertiary/aromatic N) is 2. The van der Waals surface area contributed by atoms with E-state index in [0.29, 0.717) is 0 Å². The molecule has 0 aliphatic rings. The molecule has 0 saturated carbocycles. The van der Waals surface area contributed by atoms with Crippen LogP contribution in [0.2, 0.25) is 0 Å². The first-order chi connectivity index (χ1) is 8.18. The van der Waals surface area contributed by atoms with E-state index in [0.717, 1.165) is 5.56 Å². The van der Waals surface area contributed by atoms with Crippen LogP contribution in [0.1, 0.15) is 5.56 Å². The van der Waals surface area contributed by atoms with E-state index < -0.39 is 5.03 Å². The van der Waals surface area contributed by atoms with Crippen molar-refractivity contribution in [3.8, 4) is 0 Å². The van der Waals surface area contributed by atoms with Gasteiger partial charge in [0.1, 0.15) is 0 Å². The molecule has 0 unspecified atom stereocenters. The zero-order valence-corrected chi connectivity index (χ0v) is 8.91. The molecule has 7 heteroatoms. The Hall–Kier alpha value is -2.70. The number of allylic oxidation sites excluding steroid dienone is 1. The standard InChI is InChI=1S/C10H11N5O2/c11-10(14-15(16)17)13-12-8-4-7-9-5-2-1-3-6-9/h1-8H,(H3,11,13,14)/p+1/b7-4+,12-8+. The Bertz CT molecular complexity index is 453. The summed E-state index contributed by atoms with van der Waals surface area (Å²) in [5.41, 5.74) is 7.89. The molecule has 0 radical (unpaired) electrons. The van der Waals surface area contributed by atoms with Gasteiger partial charge in [0.05, 0.1) is 0 Å². The number of nitro groups is 1. The van der Waals surface area contributed by atoms with Crippen molar-refractivity contribution in [2.45, 2.75) is 0 Å². The normalized spacial score (nSPS) is 12.1. The highest BCUT2D eigenvalue weighted by molar-refractivity contribution is 5.77. The number of hydrazone groups is 1. The largest absolute Gasteiger partial charge is 0.360 e. The highest BCUT2D eigenvalue weighted by Crippen LogP contribution is 1.99. The fourth-order valence-corrected chi connectivity index (χ4v) is 0.992. The molecule has 0 heterocycles. The van der Waals surface area contributed by atoms with Gasteiger partial charge in [-0.2, -0.15) is 0 Å². The molecule has 0 spiro atoms. The van der Waals surface area contributed by atoms with Gasteiger partial charge in [-0.15, -0.1) is 5.10 Å². The summed E-state index contributed by atoms with van der Waals surface area (Å²) in [7, 11) is 0. The lowest BCUT2D eigenvalue weighted by Gasteiger charge is -1.88. The molecule has 7 nitrogen and oxygen atoms in total. The Morgan fingerprint density at radius 2 is 2.18 bits per heavy atom. The molecule has 1 rings (SSSR count). The Morgan fingerprint density at radius 3 is 2.82 bits per heavy atom. The summed E-state index contributed by atoms with van der Waals surface area (Å²) >= 11 is 0. The number of guanidine groups is 1. The number of nitrogens with one attached hydrogen (secondary N) is 2. The van der Waals surface area contributed by atoms with E-state index in [2.05, 4.69) is 10.2 Å². The summed E-state index contributed by atoms with van der Waals surface area (Å²) in [6.45, 7) is 0. The molecule has 0 fully saturated rings. The molecular formula is C10H12N5O2+. The average Bonchev–Trinajstić information content (AvgIpc) is 2.29. The Balaban J connectivity index is 2.45. The molecule has 0 aromatic heterocycles. The second-order valence-electron chi connectivity index (χ2n) is 2.93. The van der Waals surface area contributed by atoms with Gasteiger partial charge in [0, 0.05) is 11.2 Å². The van der Waals surface area contributed by atoms with Gasteiger partial charge in [0.15, 0.2) is 11.2 Å². The third kappa shape index (κ3) is 5.67. The highest BCUT2D eigenvalue weighted by atomic mass is 16.7. The first kappa shape index (κ1) is 12.4. The SMILES string of the molecule is NC(=N/[NH+]=C/C=C/c1ccccc1)N[N+](=O)[O-]. The van der Waals surface area contributed by atoms with Crippen molar-refractivity contribution >= 4 is 18.3 Å². The zero-order chi connectivity index (χ0) is 12.5. The topological polar surface area (TPSA) is 108 Å². The van der Waals surface area contributed by atoms with Gasteiger partial charge in [-0.25, -0.2) is 10.1 Å². The number of hydrogen-bond acceptors (Lipinski definition) is 3. The number of hydrogen-bond donors (Lipinski definition) is 3. The maximum atomic E-state index is 9.97. The minimum Gasteiger partial charge on any atom is -0.360 e. The molecule has 0 aliphatic carbocycles. The molecule has 88 valence electrons. The van der Waals surface area contributed by atoms with Crippen molar-refractivity contribution in [2.24, 2.45) is 10.8 Å². The molecule has 0 bridgehead atoms. The van der Waals surface area contributed by atoms with Crippen LogP contribution < -0.4 is 16.3 Å². The first-order valence-electron chi connectivity index (χ1n) is 4.73. The quantitative estimate of drug-likeness (QED) is 0.265. The molecule has 1 aromatic carbocycles. The summed E-state index contributed by atoms with van der Waals surface area (Å²) in [6, 6.07) is 9.65. The monoisotopic (exact) mass is 234 g/mol. The van der Waals surface area contributed by atoms with Crippen LogP contribution in [-0.2, 0) is 0 Å². The Labute approximate surface area is 97.5 Å². The van der Waals surface area contributed by atoms with Gasteiger partial charge < -0.3 is 5.73 Å². The first-order valence-corrected chi connectivity index (χ1v) is 4.73. The summed E-state index contributed by atoms with van der Waals surface area (Å²) in [5.74, 6) is -0.320. The van der Waals surface area contributed by atoms with Crippen molar-refractivity contribution < 1.29 is 10.1 Å². The lowest BCUT2D eigenvalue weighted by Crippen LogP contribution is -2.63. The fraction of sp³-hybridized carbons (Fsp3) is 0. The summed E-state index contributed by atoms with van der Waals surface area (Å²) < 4.78 is 0. The van der Waals surface area contributed by atoms with Crippen LogP contribution >= 0.6 is 0 Å². The summed E-state index contributed by atoms with van der Waals surface area (Å²) in [6.07, 6.45) is 5.05. The molecule has 0 amide bonds. The van der Waals surface area contributed by atoms with Gasteiger partial charge >= 0.3 is 5.96 Å². The van der Waals surface area contributed by atoms with E-state index in [1.165, 1.54) is 6.21 Å². The third-order valence-corrected chi connectivity index (χ3v) is 1.65. The Morgan fingerprint density at radius 1 is 1.47 bits per heavy atom. The Kier molecular flexibility index (Phi) is 4.89. The van der Waals surface area contributed by atoms with Crippen molar-refractivity contribution in [1.29, 1.82) is 0 Å². The summed E-state index contributed by atoms with van der Waals surface area (Å²) in [5, 5.41) is 15.1. The van der Waals surface area contributed by atoms with Gasteiger partial charge in [-0.05, 0) is 11.6 Å². The molecule has 0 aliphatic heterocycles. The van der Waals surface area contributed by atoms with Gasteiger partial charge in [-0.3, -0.25) is 0 Å². The lowest BCUT2D eigenvalue weighted by molar-refractivity contribution is -0.528. The van der Waals surface area contributed by atoms with Crippen molar-refractivity contribution in [3.63, 3.8) is 0 Å². The third-order valence-electron chi connectivity index (χ3n) is 1.65. The van der Waals surface area contributed by atoms with E-state index in [1.54, 1.807) is 11.5 Å². The van der Waals surface area contributed by atoms with Crippen molar-refractivity contribution in [3.05, 3.63) is 52.1 Å². The average molecular weight is 234 g/mol. The van der Waals surface area contributed by atoms with Crippen molar-refractivity contribution in [2.75, 3.05) is 0 Å². The molecule has 17 heavy (non-hydrogen) atoms. The van der Waals surface area contributed by atoms with Crippen LogP contribution in [0, 0.1) is 10.1 Å². The zero-order valence-electron chi connectivity index (χ0n) is 8.91. The van der Waals surface area contributed by atoms with Crippen molar-refractivity contribution in [1.82, 2.24) is 5.43 Å². The van der Waals surface area contributed by atoms with Crippen LogP contribution in [0.4, 0.5) is 0 Å². The van der Waals surface area contributed by atoms with Gasteiger partial charge in [0.25, 0.3) is 0 Å². The van der Waals surface area contributed by atoms with Crippen LogP contribution in [0.25, 0.3) is 6.08 Å². The molecule has 4 N–H and O–H groups in total. The number of benzene rings is 1. The smallest absolute Gasteiger partial charge is 0.319 e. The highest BCUT2D eigenvalue weighted by Gasteiger charge is 1.99. The second-order valence-corrected chi connectivity index (χ2v) is 2.93. The van der Waals surface area contributed by atoms with E-state index in [9.17, 15) is 10.1 Å². The predicted molar refractivity (Wildman–Crippen MR) is 64.3 cm³/mol. The maximum absolute atomic E-state index is 9.97. The molecule has 0 saturated heterocycles. The van der Waals surface area contributed by atoms with Gasteiger partial charge in [0.2, 0.25) is 0 Å². The van der Waals surface area contributed by atoms with E-state index >= 15 is 0 Å². The summed E-state index contributed by atoms with van der Waals surface area (Å²) in [4.78, 5) is 9.97. The fourth-order valence-electron chi connectivity index (χ4n) is 0.992. The number of nitrogens with two attached hydrogens (primary N) is 1. The van der Waals surface area contributed by atoms with E-state index in [4.69, 9.17) is 5.73 Å². The molecule has 0 atom stereocenters. The van der Waals surface area contributed by atoms with Gasteiger partial charge in [-0.1, -0.05) is 35.8 Å². The van der Waals surface area contributed by atoms with Crippen LogP contribution in [-0.4, -0.2) is 17.2 Å². The molecular weight excluding hydrogens is 222 g/mol. The maximum Gasteiger partial charge on any atom is 0.319 e. The number of hydrazine groups is 1. The molecule has 1 aromatic rings. The van der Waals surface area contributed by atoms with Crippen LogP contribution in [0.5, 0.6) is 0 Å². The lowest BCUT2D eigenvalue weighted by atomic mass is 10.2.